The average Bonchev–Trinajstić information content (AvgIpc) is 2.39. The van der Waals surface area contributed by atoms with Crippen molar-refractivity contribution in [3.05, 3.63) is 30.3 Å². The van der Waals surface area contributed by atoms with Gasteiger partial charge in [0.25, 0.3) is 0 Å². The number of benzene rings is 1. The molecule has 17 heavy (non-hydrogen) atoms. The number of aliphatic carboxylic acids is 1. The predicted octanol–water partition coefficient (Wildman–Crippen LogP) is 1.76. The van der Waals surface area contributed by atoms with Crippen LogP contribution in [0, 0.1) is 0 Å². The maximum absolute atomic E-state index is 11.6. The maximum Gasteiger partial charge on any atom is 0.329 e. The summed E-state index contributed by atoms with van der Waals surface area (Å²) in [5.74, 6) is -0.771. The molecule has 1 heterocycles. The third-order valence-electron chi connectivity index (χ3n) is 3.50. The van der Waals surface area contributed by atoms with Gasteiger partial charge in [0.2, 0.25) is 0 Å². The quantitative estimate of drug-likeness (QED) is 0.867. The van der Waals surface area contributed by atoms with E-state index in [0.29, 0.717) is 26.1 Å². The van der Waals surface area contributed by atoms with Crippen LogP contribution in [0.3, 0.4) is 0 Å². The number of para-hydroxylation sites is 1. The van der Waals surface area contributed by atoms with E-state index in [1.165, 1.54) is 0 Å². The van der Waals surface area contributed by atoms with E-state index < -0.39 is 11.5 Å². The Balaban J connectivity index is 2.30. The number of nitrogens with zero attached hydrogens (tertiary/aromatic N) is 1. The van der Waals surface area contributed by atoms with Gasteiger partial charge in [-0.25, -0.2) is 4.79 Å². The van der Waals surface area contributed by atoms with Crippen LogP contribution in [0.25, 0.3) is 0 Å². The van der Waals surface area contributed by atoms with Crippen LogP contribution in [0.15, 0.2) is 30.3 Å². The van der Waals surface area contributed by atoms with Crippen LogP contribution < -0.4 is 4.90 Å². The van der Waals surface area contributed by atoms with E-state index in [4.69, 9.17) is 4.74 Å². The molecule has 4 heteroatoms. The van der Waals surface area contributed by atoms with Crippen LogP contribution in [0.5, 0.6) is 0 Å². The molecule has 4 nitrogen and oxygen atoms in total. The number of hydrogen-bond donors (Lipinski definition) is 1. The van der Waals surface area contributed by atoms with Crippen molar-refractivity contribution in [2.75, 3.05) is 25.2 Å². The van der Waals surface area contributed by atoms with Crippen molar-refractivity contribution >= 4 is 11.7 Å². The van der Waals surface area contributed by atoms with E-state index in [0.717, 1.165) is 5.69 Å². The van der Waals surface area contributed by atoms with Gasteiger partial charge >= 0.3 is 5.97 Å². The summed E-state index contributed by atoms with van der Waals surface area (Å²) >= 11 is 0. The molecule has 2 rings (SSSR count). The highest BCUT2D eigenvalue weighted by Gasteiger charge is 2.44. The summed E-state index contributed by atoms with van der Waals surface area (Å²) in [4.78, 5) is 13.5. The molecule has 0 spiro atoms. The predicted molar refractivity (Wildman–Crippen MR) is 65.3 cm³/mol. The molecule has 1 fully saturated rings. The molecule has 0 bridgehead atoms. The lowest BCUT2D eigenvalue weighted by Gasteiger charge is -2.42. The molecule has 0 radical (unpaired) electrons. The minimum atomic E-state index is -0.834. The van der Waals surface area contributed by atoms with E-state index >= 15 is 0 Å². The zero-order valence-electron chi connectivity index (χ0n) is 9.93. The van der Waals surface area contributed by atoms with Gasteiger partial charge in [0.15, 0.2) is 0 Å². The second-order valence-corrected chi connectivity index (χ2v) is 4.34. The van der Waals surface area contributed by atoms with Crippen LogP contribution in [0.4, 0.5) is 5.69 Å². The number of anilines is 1. The van der Waals surface area contributed by atoms with Gasteiger partial charge in [-0.1, -0.05) is 18.2 Å². The Morgan fingerprint density at radius 2 is 1.88 bits per heavy atom. The summed E-state index contributed by atoms with van der Waals surface area (Å²) in [6.07, 6.45) is 1.04. The van der Waals surface area contributed by atoms with Crippen LogP contribution in [-0.2, 0) is 9.53 Å². The number of ether oxygens (including phenoxy) is 1. The fraction of sp³-hybridized carbons (Fsp3) is 0.462. The normalized spacial score (nSPS) is 18.6. The Kier molecular flexibility index (Phi) is 3.33. The van der Waals surface area contributed by atoms with Crippen molar-refractivity contribution in [3.8, 4) is 0 Å². The Morgan fingerprint density at radius 1 is 1.29 bits per heavy atom. The lowest BCUT2D eigenvalue weighted by atomic mass is 9.88. The van der Waals surface area contributed by atoms with Crippen molar-refractivity contribution < 1.29 is 14.6 Å². The molecule has 1 aromatic rings. The molecule has 92 valence electrons. The lowest BCUT2D eigenvalue weighted by Crippen LogP contribution is -2.56. The van der Waals surface area contributed by atoms with Gasteiger partial charge in [0.1, 0.15) is 5.54 Å². The fourth-order valence-corrected chi connectivity index (χ4v) is 2.30. The van der Waals surface area contributed by atoms with Gasteiger partial charge < -0.3 is 14.7 Å². The number of carboxylic acid groups (broad SMARTS) is 1. The van der Waals surface area contributed by atoms with E-state index in [2.05, 4.69) is 0 Å². The second-order valence-electron chi connectivity index (χ2n) is 4.34. The summed E-state index contributed by atoms with van der Waals surface area (Å²) < 4.78 is 5.27. The molecule has 0 saturated carbocycles. The standard InChI is InChI=1S/C13H17NO3/c1-14(11-5-3-2-4-6-11)13(12(15)16)7-9-17-10-8-13/h2-6H,7-10H2,1H3,(H,15,16). The second kappa shape index (κ2) is 4.75. The molecule has 1 aliphatic rings. The minimum Gasteiger partial charge on any atom is -0.479 e. The fourth-order valence-electron chi connectivity index (χ4n) is 2.30. The summed E-state index contributed by atoms with van der Waals surface area (Å²) in [7, 11) is 1.84. The van der Waals surface area contributed by atoms with Crippen molar-refractivity contribution in [3.63, 3.8) is 0 Å². The first-order valence-electron chi connectivity index (χ1n) is 5.77. The Bertz CT molecular complexity index is 385. The van der Waals surface area contributed by atoms with Crippen molar-refractivity contribution in [2.24, 2.45) is 0 Å². The molecule has 0 unspecified atom stereocenters. The van der Waals surface area contributed by atoms with Gasteiger partial charge in [-0.2, -0.15) is 0 Å². The molecule has 0 amide bonds. The summed E-state index contributed by atoms with van der Waals surface area (Å²) in [5.41, 5.74) is 0.0939. The highest BCUT2D eigenvalue weighted by molar-refractivity contribution is 5.83. The van der Waals surface area contributed by atoms with Crippen molar-refractivity contribution in [1.29, 1.82) is 0 Å². The van der Waals surface area contributed by atoms with Crippen LogP contribution >= 0.6 is 0 Å². The smallest absolute Gasteiger partial charge is 0.329 e. The van der Waals surface area contributed by atoms with Gasteiger partial charge in [-0.3, -0.25) is 0 Å². The van der Waals surface area contributed by atoms with E-state index in [9.17, 15) is 9.90 Å². The molecular formula is C13H17NO3. The topological polar surface area (TPSA) is 49.8 Å². The van der Waals surface area contributed by atoms with Crippen molar-refractivity contribution in [1.82, 2.24) is 0 Å². The van der Waals surface area contributed by atoms with Crippen LogP contribution in [0.1, 0.15) is 12.8 Å². The minimum absolute atomic E-state index is 0.503. The van der Waals surface area contributed by atoms with E-state index in [1.54, 1.807) is 0 Å². The summed E-state index contributed by atoms with van der Waals surface area (Å²) in [5, 5.41) is 9.52. The molecule has 0 aliphatic carbocycles. The molecule has 1 saturated heterocycles. The zero-order valence-corrected chi connectivity index (χ0v) is 9.93. The summed E-state index contributed by atoms with van der Waals surface area (Å²) in [6, 6.07) is 9.62. The molecule has 1 aromatic carbocycles. The van der Waals surface area contributed by atoms with Gasteiger partial charge in [0, 0.05) is 38.8 Å². The molecule has 1 N–H and O–H groups in total. The van der Waals surface area contributed by atoms with Gasteiger partial charge in [-0.15, -0.1) is 0 Å². The maximum atomic E-state index is 11.6. The molecule has 0 atom stereocenters. The third kappa shape index (κ3) is 2.13. The van der Waals surface area contributed by atoms with Crippen LogP contribution in [0.2, 0.25) is 0 Å². The third-order valence-corrected chi connectivity index (χ3v) is 3.50. The lowest BCUT2D eigenvalue weighted by molar-refractivity contribution is -0.147. The SMILES string of the molecule is CN(c1ccccc1)C1(C(=O)O)CCOCC1. The average molecular weight is 235 g/mol. The van der Waals surface area contributed by atoms with Gasteiger partial charge in [-0.05, 0) is 12.1 Å². The first kappa shape index (κ1) is 11.9. The van der Waals surface area contributed by atoms with Gasteiger partial charge in [0.05, 0.1) is 0 Å². The number of rotatable bonds is 3. The summed E-state index contributed by atoms with van der Waals surface area (Å²) in [6.45, 7) is 1.01. The first-order valence-corrected chi connectivity index (χ1v) is 5.77. The Labute approximate surface area is 101 Å². The zero-order chi connectivity index (χ0) is 12.3. The Hall–Kier alpha value is -1.55. The number of carboxylic acids is 1. The van der Waals surface area contributed by atoms with Crippen LogP contribution in [-0.4, -0.2) is 36.9 Å². The number of hydrogen-bond acceptors (Lipinski definition) is 3. The highest BCUT2D eigenvalue weighted by atomic mass is 16.5. The Morgan fingerprint density at radius 3 is 2.41 bits per heavy atom. The number of likely N-dealkylation sites (N-methyl/N-ethyl adjacent to an activating group) is 1. The monoisotopic (exact) mass is 235 g/mol. The molecular weight excluding hydrogens is 218 g/mol. The highest BCUT2D eigenvalue weighted by Crippen LogP contribution is 2.31. The molecule has 1 aliphatic heterocycles. The first-order chi connectivity index (χ1) is 8.17. The van der Waals surface area contributed by atoms with Crippen molar-refractivity contribution in [2.45, 2.75) is 18.4 Å². The van der Waals surface area contributed by atoms with E-state index in [1.807, 2.05) is 42.3 Å². The number of carbonyl (C=O) groups is 1. The molecule has 0 aromatic heterocycles. The largest absolute Gasteiger partial charge is 0.479 e. The van der Waals surface area contributed by atoms with E-state index in [-0.39, 0.29) is 0 Å².